The first-order valence-electron chi connectivity index (χ1n) is 7.45. The van der Waals surface area contributed by atoms with Crippen LogP contribution >= 0.6 is 0 Å². The molecule has 130 valence electrons. The van der Waals surface area contributed by atoms with Crippen molar-refractivity contribution in [1.82, 2.24) is 0 Å². The minimum atomic E-state index is -1.06. The molecule has 25 heavy (non-hydrogen) atoms. The number of carbonyl (C=O) groups is 2. The summed E-state index contributed by atoms with van der Waals surface area (Å²) in [4.78, 5) is 34.6. The van der Waals surface area contributed by atoms with Gasteiger partial charge in [0.05, 0.1) is 10.5 Å². The highest BCUT2D eigenvalue weighted by Gasteiger charge is 2.22. The number of para-hydroxylation sites is 1. The molecule has 0 aliphatic carbocycles. The van der Waals surface area contributed by atoms with Crippen LogP contribution in [0.15, 0.2) is 48.5 Å². The van der Waals surface area contributed by atoms with Gasteiger partial charge in [0.2, 0.25) is 0 Å². The van der Waals surface area contributed by atoms with Gasteiger partial charge in [-0.1, -0.05) is 18.2 Å². The number of hydrogen-bond acceptors (Lipinski definition) is 6. The molecule has 0 bridgehead atoms. The summed E-state index contributed by atoms with van der Waals surface area (Å²) in [6.45, 7) is 1.42. The van der Waals surface area contributed by atoms with E-state index in [1.165, 1.54) is 26.1 Å². The van der Waals surface area contributed by atoms with Crippen LogP contribution in [0.3, 0.4) is 0 Å². The second-order valence-electron chi connectivity index (χ2n) is 5.14. The maximum absolute atomic E-state index is 12.1. The van der Waals surface area contributed by atoms with Crippen molar-refractivity contribution in [3.05, 3.63) is 64.2 Å². The number of hydrogen-bond donors (Lipinski definition) is 2. The Morgan fingerprint density at radius 3 is 2.44 bits per heavy atom. The number of amides is 1. The number of ether oxygens (including phenoxy) is 1. The van der Waals surface area contributed by atoms with Gasteiger partial charge in [-0.15, -0.1) is 0 Å². The topological polar surface area (TPSA) is 111 Å². The van der Waals surface area contributed by atoms with Crippen molar-refractivity contribution in [3.8, 4) is 0 Å². The number of rotatable bonds is 6. The van der Waals surface area contributed by atoms with Gasteiger partial charge in [-0.2, -0.15) is 0 Å². The maximum Gasteiger partial charge on any atom is 0.339 e. The lowest BCUT2D eigenvalue weighted by atomic mass is 10.1. The van der Waals surface area contributed by atoms with Gasteiger partial charge in [0, 0.05) is 18.8 Å². The van der Waals surface area contributed by atoms with Gasteiger partial charge in [-0.05, 0) is 31.2 Å². The minimum absolute atomic E-state index is 0.00920. The summed E-state index contributed by atoms with van der Waals surface area (Å²) in [6, 6.07) is 12.6. The Morgan fingerprint density at radius 1 is 1.16 bits per heavy atom. The summed E-state index contributed by atoms with van der Waals surface area (Å²) in [5.41, 5.74) is 0.587. The number of nitro benzene ring substituents is 1. The third-order valence-corrected chi connectivity index (χ3v) is 3.39. The Balaban J connectivity index is 2.07. The molecule has 2 N–H and O–H groups in total. The minimum Gasteiger partial charge on any atom is -0.449 e. The molecule has 2 aromatic rings. The van der Waals surface area contributed by atoms with Crippen LogP contribution in [0.4, 0.5) is 17.1 Å². The Kier molecular flexibility index (Phi) is 5.67. The number of nitro groups is 1. The van der Waals surface area contributed by atoms with Crippen LogP contribution in [-0.4, -0.2) is 30.0 Å². The van der Waals surface area contributed by atoms with Gasteiger partial charge in [-0.3, -0.25) is 14.9 Å². The predicted octanol–water partition coefficient (Wildman–Crippen LogP) is 2.82. The zero-order valence-corrected chi connectivity index (χ0v) is 13.7. The van der Waals surface area contributed by atoms with Crippen molar-refractivity contribution >= 4 is 28.9 Å². The van der Waals surface area contributed by atoms with Crippen LogP contribution < -0.4 is 10.6 Å². The largest absolute Gasteiger partial charge is 0.449 e. The molecule has 0 heterocycles. The van der Waals surface area contributed by atoms with Crippen LogP contribution in [0, 0.1) is 10.1 Å². The molecule has 0 saturated heterocycles. The normalized spacial score (nSPS) is 11.3. The molecule has 0 aromatic heterocycles. The van der Waals surface area contributed by atoms with E-state index in [0.717, 1.165) is 6.07 Å². The van der Waals surface area contributed by atoms with E-state index < -0.39 is 22.9 Å². The van der Waals surface area contributed by atoms with Gasteiger partial charge < -0.3 is 15.4 Å². The van der Waals surface area contributed by atoms with Crippen LogP contribution in [-0.2, 0) is 9.53 Å². The first-order chi connectivity index (χ1) is 11.9. The van der Waals surface area contributed by atoms with E-state index in [-0.39, 0.29) is 16.9 Å². The second kappa shape index (κ2) is 7.91. The van der Waals surface area contributed by atoms with Gasteiger partial charge >= 0.3 is 5.97 Å². The van der Waals surface area contributed by atoms with E-state index in [2.05, 4.69) is 10.6 Å². The van der Waals surface area contributed by atoms with E-state index >= 15 is 0 Å². The van der Waals surface area contributed by atoms with E-state index in [9.17, 15) is 19.7 Å². The van der Waals surface area contributed by atoms with Gasteiger partial charge in [-0.25, -0.2) is 4.79 Å². The Bertz CT molecular complexity index is 792. The van der Waals surface area contributed by atoms with Gasteiger partial charge in [0.25, 0.3) is 11.6 Å². The number of nitrogens with zero attached hydrogens (tertiary/aromatic N) is 1. The first kappa shape index (κ1) is 17.9. The van der Waals surface area contributed by atoms with Crippen LogP contribution in [0.1, 0.15) is 17.3 Å². The summed E-state index contributed by atoms with van der Waals surface area (Å²) in [5, 5.41) is 16.3. The molecule has 1 atom stereocenters. The molecule has 0 spiro atoms. The number of anilines is 2. The third kappa shape index (κ3) is 4.54. The Labute approximate surface area is 144 Å². The molecule has 0 saturated carbocycles. The lowest BCUT2D eigenvalue weighted by Gasteiger charge is -2.13. The smallest absolute Gasteiger partial charge is 0.339 e. The van der Waals surface area contributed by atoms with Gasteiger partial charge in [0.1, 0.15) is 5.69 Å². The highest BCUT2D eigenvalue weighted by Crippen LogP contribution is 2.25. The molecule has 2 aromatic carbocycles. The number of esters is 1. The molecule has 8 nitrogen and oxygen atoms in total. The van der Waals surface area contributed by atoms with Gasteiger partial charge in [0.15, 0.2) is 6.10 Å². The van der Waals surface area contributed by atoms with Crippen LogP contribution in [0.25, 0.3) is 0 Å². The summed E-state index contributed by atoms with van der Waals surface area (Å²) in [5.74, 6) is -1.32. The lowest BCUT2D eigenvalue weighted by molar-refractivity contribution is -0.384. The molecular weight excluding hydrogens is 326 g/mol. The van der Waals surface area contributed by atoms with Crippen molar-refractivity contribution < 1.29 is 19.2 Å². The van der Waals surface area contributed by atoms with E-state index in [1.54, 1.807) is 30.3 Å². The average molecular weight is 343 g/mol. The zero-order chi connectivity index (χ0) is 18.4. The Morgan fingerprint density at radius 2 is 1.84 bits per heavy atom. The van der Waals surface area contributed by atoms with E-state index in [4.69, 9.17) is 4.74 Å². The fourth-order valence-corrected chi connectivity index (χ4v) is 2.07. The van der Waals surface area contributed by atoms with Crippen molar-refractivity contribution in [1.29, 1.82) is 0 Å². The zero-order valence-electron chi connectivity index (χ0n) is 13.7. The van der Waals surface area contributed by atoms with Crippen molar-refractivity contribution in [2.24, 2.45) is 0 Å². The maximum atomic E-state index is 12.1. The highest BCUT2D eigenvalue weighted by atomic mass is 16.6. The van der Waals surface area contributed by atoms with Crippen molar-refractivity contribution in [2.75, 3.05) is 17.7 Å². The van der Waals surface area contributed by atoms with E-state index in [1.807, 2.05) is 0 Å². The molecule has 0 radical (unpaired) electrons. The molecular formula is C17H17N3O5. The second-order valence-corrected chi connectivity index (χ2v) is 5.14. The summed E-state index contributed by atoms with van der Waals surface area (Å²) in [6.07, 6.45) is -1.06. The number of benzene rings is 2. The average Bonchev–Trinajstić information content (AvgIpc) is 2.61. The fourth-order valence-electron chi connectivity index (χ4n) is 2.07. The SMILES string of the molecule is CNc1ccc(C(=O)O[C@H](C)C(=O)Nc2ccccc2)cc1[N+](=O)[O-]. The monoisotopic (exact) mass is 343 g/mol. The molecule has 0 unspecified atom stereocenters. The molecule has 1 amide bonds. The highest BCUT2D eigenvalue weighted by molar-refractivity contribution is 5.97. The Hall–Kier alpha value is -3.42. The number of nitrogens with one attached hydrogen (secondary N) is 2. The van der Waals surface area contributed by atoms with Crippen molar-refractivity contribution in [3.63, 3.8) is 0 Å². The van der Waals surface area contributed by atoms with Crippen LogP contribution in [0.5, 0.6) is 0 Å². The molecule has 0 aliphatic heterocycles. The van der Waals surface area contributed by atoms with Crippen LogP contribution in [0.2, 0.25) is 0 Å². The predicted molar refractivity (Wildman–Crippen MR) is 92.6 cm³/mol. The van der Waals surface area contributed by atoms with E-state index in [0.29, 0.717) is 5.69 Å². The quantitative estimate of drug-likeness (QED) is 0.474. The third-order valence-electron chi connectivity index (χ3n) is 3.39. The molecule has 0 fully saturated rings. The molecule has 8 heteroatoms. The number of carbonyl (C=O) groups excluding carboxylic acids is 2. The summed E-state index contributed by atoms with van der Waals surface area (Å²) in [7, 11) is 1.54. The first-order valence-corrected chi connectivity index (χ1v) is 7.45. The lowest BCUT2D eigenvalue weighted by Crippen LogP contribution is -2.30. The van der Waals surface area contributed by atoms with Crippen molar-refractivity contribution in [2.45, 2.75) is 13.0 Å². The molecule has 2 rings (SSSR count). The standard InChI is InChI=1S/C17H17N3O5/c1-11(16(21)19-13-6-4-3-5-7-13)25-17(22)12-8-9-14(18-2)15(10-12)20(23)24/h3-11,18H,1-2H3,(H,19,21)/t11-/m1/s1. The molecule has 0 aliphatic rings. The summed E-state index contributed by atoms with van der Waals surface area (Å²) < 4.78 is 5.08. The fraction of sp³-hybridized carbons (Fsp3) is 0.176. The summed E-state index contributed by atoms with van der Waals surface area (Å²) >= 11 is 0.